The van der Waals surface area contributed by atoms with Crippen molar-refractivity contribution in [2.75, 3.05) is 32.8 Å². The van der Waals surface area contributed by atoms with Crippen LogP contribution in [0.3, 0.4) is 0 Å². The van der Waals surface area contributed by atoms with Crippen molar-refractivity contribution in [2.45, 2.75) is 32.9 Å². The molecule has 0 radical (unpaired) electrons. The summed E-state index contributed by atoms with van der Waals surface area (Å²) in [7, 11) is 0. The number of ether oxygens (including phenoxy) is 1. The summed E-state index contributed by atoms with van der Waals surface area (Å²) in [6.07, 6.45) is 1.48. The van der Waals surface area contributed by atoms with Gasteiger partial charge in [-0.2, -0.15) is 10.2 Å². The summed E-state index contributed by atoms with van der Waals surface area (Å²) in [5.41, 5.74) is 4.82. The Balaban J connectivity index is 1.43. The first-order valence-corrected chi connectivity index (χ1v) is 11.4. The molecule has 9 nitrogen and oxygen atoms in total. The van der Waals surface area contributed by atoms with Crippen molar-refractivity contribution >= 4 is 11.8 Å². The van der Waals surface area contributed by atoms with Gasteiger partial charge in [0.05, 0.1) is 19.8 Å². The third-order valence-corrected chi connectivity index (χ3v) is 6.30. The van der Waals surface area contributed by atoms with Crippen molar-refractivity contribution in [1.29, 1.82) is 0 Å². The lowest BCUT2D eigenvalue weighted by molar-refractivity contribution is 0.0296. The number of hydrogen-bond acceptors (Lipinski definition) is 5. The van der Waals surface area contributed by atoms with E-state index in [1.807, 2.05) is 29.8 Å². The van der Waals surface area contributed by atoms with E-state index in [2.05, 4.69) is 22.3 Å². The maximum absolute atomic E-state index is 13.4. The van der Waals surface area contributed by atoms with E-state index in [4.69, 9.17) is 9.84 Å². The lowest BCUT2D eigenvalue weighted by Crippen LogP contribution is -2.42. The van der Waals surface area contributed by atoms with Gasteiger partial charge >= 0.3 is 0 Å². The number of hydrogen-bond donors (Lipinski definition) is 1. The Morgan fingerprint density at radius 1 is 1.06 bits per heavy atom. The molecule has 2 aromatic heterocycles. The Kier molecular flexibility index (Phi) is 5.95. The van der Waals surface area contributed by atoms with Crippen molar-refractivity contribution in [3.05, 3.63) is 70.3 Å². The van der Waals surface area contributed by atoms with Crippen molar-refractivity contribution < 1.29 is 14.3 Å². The van der Waals surface area contributed by atoms with E-state index >= 15 is 0 Å². The van der Waals surface area contributed by atoms with Crippen LogP contribution >= 0.6 is 0 Å². The number of fused-ring (bicyclic) bond motifs is 1. The number of amides is 2. The number of aromatic nitrogens is 4. The number of morpholine rings is 1. The molecule has 0 saturated carbocycles. The third kappa shape index (κ3) is 4.41. The normalized spacial score (nSPS) is 16.0. The molecule has 0 atom stereocenters. The smallest absolute Gasteiger partial charge is 0.274 e. The molecule has 0 unspecified atom stereocenters. The molecule has 4 heterocycles. The topological polar surface area (TPSA) is 96.4 Å². The molecule has 3 aromatic rings. The van der Waals surface area contributed by atoms with Gasteiger partial charge in [-0.25, -0.2) is 0 Å². The predicted octanol–water partition coefficient (Wildman–Crippen LogP) is 1.83. The van der Waals surface area contributed by atoms with Crippen LogP contribution in [0.15, 0.2) is 36.4 Å². The molecule has 1 aromatic carbocycles. The van der Waals surface area contributed by atoms with Gasteiger partial charge in [0, 0.05) is 49.6 Å². The fourth-order valence-corrected chi connectivity index (χ4v) is 4.51. The van der Waals surface area contributed by atoms with Gasteiger partial charge in [-0.05, 0) is 25.0 Å². The first-order valence-electron chi connectivity index (χ1n) is 11.4. The molecule has 9 heteroatoms. The first kappa shape index (κ1) is 21.4. The van der Waals surface area contributed by atoms with Crippen molar-refractivity contribution in [2.24, 2.45) is 0 Å². The Hall–Kier alpha value is -3.46. The van der Waals surface area contributed by atoms with Gasteiger partial charge in [0.15, 0.2) is 5.69 Å². The zero-order valence-electron chi connectivity index (χ0n) is 18.8. The Bertz CT molecular complexity index is 1150. The van der Waals surface area contributed by atoms with Gasteiger partial charge in [-0.3, -0.25) is 19.4 Å². The summed E-state index contributed by atoms with van der Waals surface area (Å²) in [5, 5.41) is 11.7. The SMILES string of the molecule is Cc1cc(C(=O)N2CCc3c(c(C(=O)N4CCOCC4)nn3CCc3ccccc3)C2)n[nH]1. The van der Waals surface area contributed by atoms with Crippen molar-refractivity contribution in [3.63, 3.8) is 0 Å². The number of aryl methyl sites for hydroxylation is 3. The van der Waals surface area contributed by atoms with E-state index in [9.17, 15) is 9.59 Å². The molecule has 1 saturated heterocycles. The molecule has 5 rings (SSSR count). The highest BCUT2D eigenvalue weighted by molar-refractivity contribution is 5.95. The van der Waals surface area contributed by atoms with Gasteiger partial charge in [0.2, 0.25) is 0 Å². The highest BCUT2D eigenvalue weighted by Crippen LogP contribution is 2.26. The van der Waals surface area contributed by atoms with Crippen LogP contribution in [-0.2, 0) is 30.7 Å². The minimum atomic E-state index is -0.133. The summed E-state index contributed by atoms with van der Waals surface area (Å²) in [4.78, 5) is 30.0. The van der Waals surface area contributed by atoms with Crippen LogP contribution < -0.4 is 0 Å². The summed E-state index contributed by atoms with van der Waals surface area (Å²) in [6, 6.07) is 12.0. The monoisotopic (exact) mass is 448 g/mol. The van der Waals surface area contributed by atoms with E-state index in [-0.39, 0.29) is 11.8 Å². The van der Waals surface area contributed by atoms with E-state index in [1.54, 1.807) is 15.9 Å². The number of rotatable bonds is 5. The number of nitrogens with zero attached hydrogens (tertiary/aromatic N) is 5. The minimum Gasteiger partial charge on any atom is -0.378 e. The van der Waals surface area contributed by atoms with Crippen LogP contribution in [0.2, 0.25) is 0 Å². The minimum absolute atomic E-state index is 0.0853. The highest BCUT2D eigenvalue weighted by atomic mass is 16.5. The average Bonchev–Trinajstić information content (AvgIpc) is 3.46. The summed E-state index contributed by atoms with van der Waals surface area (Å²) in [6.45, 7) is 5.66. The second-order valence-corrected chi connectivity index (χ2v) is 8.55. The number of benzene rings is 1. The molecule has 172 valence electrons. The molecule has 0 bridgehead atoms. The molecule has 0 spiro atoms. The van der Waals surface area contributed by atoms with Crippen molar-refractivity contribution in [3.8, 4) is 0 Å². The van der Waals surface area contributed by atoms with Gasteiger partial charge in [0.1, 0.15) is 5.69 Å². The van der Waals surface area contributed by atoms with E-state index in [0.29, 0.717) is 63.7 Å². The van der Waals surface area contributed by atoms with Crippen molar-refractivity contribution in [1.82, 2.24) is 29.8 Å². The molecule has 2 aliphatic rings. The molecule has 1 N–H and O–H groups in total. The van der Waals surface area contributed by atoms with Crippen LogP contribution in [0.25, 0.3) is 0 Å². The largest absolute Gasteiger partial charge is 0.378 e. The van der Waals surface area contributed by atoms with Crippen LogP contribution in [-0.4, -0.2) is 74.4 Å². The maximum Gasteiger partial charge on any atom is 0.274 e. The highest BCUT2D eigenvalue weighted by Gasteiger charge is 2.33. The predicted molar refractivity (Wildman–Crippen MR) is 121 cm³/mol. The molecular formula is C24H28N6O3. The molecule has 2 aliphatic heterocycles. The van der Waals surface area contributed by atoms with Crippen LogP contribution in [0, 0.1) is 6.92 Å². The summed E-state index contributed by atoms with van der Waals surface area (Å²) in [5.74, 6) is -0.218. The number of carbonyl (C=O) groups excluding carboxylic acids is 2. The zero-order valence-corrected chi connectivity index (χ0v) is 18.8. The lowest BCUT2D eigenvalue weighted by Gasteiger charge is -2.29. The van der Waals surface area contributed by atoms with E-state index < -0.39 is 0 Å². The fourth-order valence-electron chi connectivity index (χ4n) is 4.51. The molecule has 1 fully saturated rings. The van der Waals surface area contributed by atoms with E-state index in [1.165, 1.54) is 5.56 Å². The second-order valence-electron chi connectivity index (χ2n) is 8.55. The molecule has 0 aliphatic carbocycles. The van der Waals surface area contributed by atoms with Crippen LogP contribution in [0.5, 0.6) is 0 Å². The number of carbonyl (C=O) groups is 2. The molecular weight excluding hydrogens is 420 g/mol. The number of aromatic amines is 1. The van der Waals surface area contributed by atoms with Gasteiger partial charge in [-0.1, -0.05) is 30.3 Å². The Labute approximate surface area is 192 Å². The number of nitrogens with one attached hydrogen (secondary N) is 1. The maximum atomic E-state index is 13.4. The Morgan fingerprint density at radius 3 is 2.58 bits per heavy atom. The average molecular weight is 449 g/mol. The fraction of sp³-hybridized carbons (Fsp3) is 0.417. The van der Waals surface area contributed by atoms with E-state index in [0.717, 1.165) is 23.4 Å². The Morgan fingerprint density at radius 2 is 1.85 bits per heavy atom. The third-order valence-electron chi connectivity index (χ3n) is 6.30. The second kappa shape index (κ2) is 9.19. The first-order chi connectivity index (χ1) is 16.1. The molecule has 33 heavy (non-hydrogen) atoms. The summed E-state index contributed by atoms with van der Waals surface area (Å²) < 4.78 is 7.38. The quantitative estimate of drug-likeness (QED) is 0.642. The molecule has 2 amide bonds. The van der Waals surface area contributed by atoms with Gasteiger partial charge in [0.25, 0.3) is 11.8 Å². The van der Waals surface area contributed by atoms with Gasteiger partial charge in [-0.15, -0.1) is 0 Å². The zero-order chi connectivity index (χ0) is 22.8. The van der Waals surface area contributed by atoms with Crippen LogP contribution in [0.4, 0.5) is 0 Å². The summed E-state index contributed by atoms with van der Waals surface area (Å²) >= 11 is 0. The van der Waals surface area contributed by atoms with Gasteiger partial charge < -0.3 is 14.5 Å². The number of H-pyrrole nitrogens is 1. The lowest BCUT2D eigenvalue weighted by atomic mass is 10.0. The standard InChI is InChI=1S/C24H28N6O3/c1-17-15-20(26-25-17)23(31)29-9-8-21-19(16-29)22(24(32)28-11-13-33-14-12-28)27-30(21)10-7-18-5-3-2-4-6-18/h2-6,15H,7-14,16H2,1H3,(H,25,26). The van der Waals surface area contributed by atoms with Crippen LogP contribution in [0.1, 0.15) is 43.5 Å².